The number of anilines is 1. The lowest BCUT2D eigenvalue weighted by Crippen LogP contribution is -2.39. The first-order valence-electron chi connectivity index (χ1n) is 8.74. The highest BCUT2D eigenvalue weighted by atomic mass is 16.5. The molecule has 0 radical (unpaired) electrons. The zero-order valence-corrected chi connectivity index (χ0v) is 16.1. The zero-order valence-electron chi connectivity index (χ0n) is 16.1. The van der Waals surface area contributed by atoms with Gasteiger partial charge in [-0.1, -0.05) is 0 Å². The largest absolute Gasteiger partial charge is 0.494 e. The number of nitrogens with zero attached hydrogens (tertiary/aromatic N) is 2. The van der Waals surface area contributed by atoms with Crippen molar-refractivity contribution < 1.29 is 14.3 Å². The van der Waals surface area contributed by atoms with Crippen LogP contribution in [0.1, 0.15) is 13.8 Å². The fraction of sp³-hybridized carbons (Fsp3) is 0.250. The Morgan fingerprint density at radius 1 is 0.964 bits per heavy atom. The molecule has 1 N–H and O–H groups in total. The van der Waals surface area contributed by atoms with Gasteiger partial charge in [0.2, 0.25) is 5.91 Å². The van der Waals surface area contributed by atoms with Crippen LogP contribution in [-0.2, 0) is 18.9 Å². The predicted molar refractivity (Wildman–Crippen MR) is 106 cm³/mol. The maximum Gasteiger partial charge on any atom is 0.316 e. The van der Waals surface area contributed by atoms with E-state index in [1.165, 1.54) is 30.2 Å². The molecular weight excluding hydrogens is 362 g/mol. The summed E-state index contributed by atoms with van der Waals surface area (Å²) in [5.74, 6) is 1.31. The van der Waals surface area contributed by atoms with E-state index in [1.807, 2.05) is 6.92 Å². The van der Waals surface area contributed by atoms with Crippen LogP contribution in [0.5, 0.6) is 17.2 Å². The number of carbonyl (C=O) groups excluding carboxylic acids is 1. The first-order chi connectivity index (χ1) is 13.3. The highest BCUT2D eigenvalue weighted by Crippen LogP contribution is 2.33. The lowest BCUT2D eigenvalue weighted by atomic mass is 10.2. The van der Waals surface area contributed by atoms with Gasteiger partial charge in [0, 0.05) is 27.1 Å². The van der Waals surface area contributed by atoms with E-state index >= 15 is 0 Å². The Kier molecular flexibility index (Phi) is 5.21. The Morgan fingerprint density at radius 3 is 2.04 bits per heavy atom. The van der Waals surface area contributed by atoms with E-state index in [-0.39, 0.29) is 5.91 Å². The Hall–Kier alpha value is -3.55. The highest BCUT2D eigenvalue weighted by molar-refractivity contribution is 5.94. The van der Waals surface area contributed by atoms with Crippen LogP contribution >= 0.6 is 0 Å². The van der Waals surface area contributed by atoms with E-state index in [2.05, 4.69) is 5.32 Å². The normalized spacial score (nSPS) is 10.7. The molecule has 0 atom stereocenters. The monoisotopic (exact) mass is 383 g/mol. The molecule has 2 aromatic carbocycles. The summed E-state index contributed by atoms with van der Waals surface area (Å²) in [6.07, 6.45) is 0. The van der Waals surface area contributed by atoms with Gasteiger partial charge in [-0.25, -0.2) is 0 Å². The van der Waals surface area contributed by atoms with E-state index in [0.717, 1.165) is 0 Å². The molecule has 3 rings (SSSR count). The molecule has 0 fully saturated rings. The third-order valence-corrected chi connectivity index (χ3v) is 4.26. The van der Waals surface area contributed by atoms with E-state index in [0.29, 0.717) is 40.6 Å². The minimum atomic E-state index is -0.649. The lowest BCUT2D eigenvalue weighted by Gasteiger charge is -2.16. The third kappa shape index (κ3) is 3.62. The number of nitrogens with one attached hydrogen (secondary N) is 1. The Balaban J connectivity index is 2.15. The first kappa shape index (κ1) is 19.2. The van der Waals surface area contributed by atoms with Gasteiger partial charge in [0.15, 0.2) is 5.75 Å². The molecule has 28 heavy (non-hydrogen) atoms. The zero-order chi connectivity index (χ0) is 20.4. The second-order valence-electron chi connectivity index (χ2n) is 6.25. The summed E-state index contributed by atoms with van der Waals surface area (Å²) in [5, 5.41) is 2.71. The van der Waals surface area contributed by atoms with Crippen molar-refractivity contribution in [3.63, 3.8) is 0 Å². The molecule has 8 heteroatoms. The van der Waals surface area contributed by atoms with Gasteiger partial charge in [-0.3, -0.25) is 14.4 Å². The van der Waals surface area contributed by atoms with Crippen LogP contribution in [0, 0.1) is 0 Å². The van der Waals surface area contributed by atoms with Crippen molar-refractivity contribution >= 4 is 22.6 Å². The second kappa shape index (κ2) is 7.59. The van der Waals surface area contributed by atoms with Gasteiger partial charge in [0.1, 0.15) is 11.5 Å². The number of rotatable bonds is 5. The molecule has 1 aromatic heterocycles. The van der Waals surface area contributed by atoms with E-state index < -0.39 is 11.1 Å². The van der Waals surface area contributed by atoms with Crippen LogP contribution in [0.4, 0.5) is 5.69 Å². The predicted octanol–water partition coefficient (Wildman–Crippen LogP) is 2.39. The number of ether oxygens (including phenoxy) is 2. The maximum absolute atomic E-state index is 12.1. The van der Waals surface area contributed by atoms with Crippen molar-refractivity contribution in [2.75, 3.05) is 11.9 Å². The summed E-state index contributed by atoms with van der Waals surface area (Å²) in [6, 6.07) is 10.3. The van der Waals surface area contributed by atoms with Crippen LogP contribution in [0.25, 0.3) is 11.0 Å². The number of aryl methyl sites for hydroxylation is 2. The maximum atomic E-state index is 12.1. The van der Waals surface area contributed by atoms with Crippen LogP contribution < -0.4 is 25.9 Å². The van der Waals surface area contributed by atoms with Gasteiger partial charge in [-0.2, -0.15) is 0 Å². The molecule has 1 amide bonds. The highest BCUT2D eigenvalue weighted by Gasteiger charge is 2.15. The summed E-state index contributed by atoms with van der Waals surface area (Å²) in [5.41, 5.74) is 0.0952. The van der Waals surface area contributed by atoms with Gasteiger partial charge in [0.25, 0.3) is 0 Å². The van der Waals surface area contributed by atoms with E-state index in [1.54, 1.807) is 36.4 Å². The first-order valence-corrected chi connectivity index (χ1v) is 8.74. The number of hydrogen-bond acceptors (Lipinski definition) is 5. The van der Waals surface area contributed by atoms with Gasteiger partial charge in [-0.15, -0.1) is 0 Å². The molecule has 0 aliphatic heterocycles. The average Bonchev–Trinajstić information content (AvgIpc) is 2.67. The Labute approximate surface area is 160 Å². The smallest absolute Gasteiger partial charge is 0.316 e. The molecule has 3 aromatic rings. The number of amides is 1. The number of benzene rings is 2. The van der Waals surface area contributed by atoms with E-state index in [9.17, 15) is 14.4 Å². The van der Waals surface area contributed by atoms with Gasteiger partial charge in [0.05, 0.1) is 23.3 Å². The molecule has 0 saturated carbocycles. The third-order valence-electron chi connectivity index (χ3n) is 4.26. The fourth-order valence-electron chi connectivity index (χ4n) is 2.87. The number of aromatic nitrogens is 2. The van der Waals surface area contributed by atoms with Crippen LogP contribution in [0.3, 0.4) is 0 Å². The minimum Gasteiger partial charge on any atom is -0.494 e. The van der Waals surface area contributed by atoms with Gasteiger partial charge < -0.3 is 23.9 Å². The van der Waals surface area contributed by atoms with Crippen molar-refractivity contribution in [1.29, 1.82) is 0 Å². The summed E-state index contributed by atoms with van der Waals surface area (Å²) in [7, 11) is 3.03. The summed E-state index contributed by atoms with van der Waals surface area (Å²) < 4.78 is 13.9. The number of fused-ring (bicyclic) bond motifs is 1. The van der Waals surface area contributed by atoms with Crippen LogP contribution in [0.15, 0.2) is 46.0 Å². The van der Waals surface area contributed by atoms with E-state index in [4.69, 9.17) is 9.47 Å². The SMILES string of the molecule is CCOc1ccc(Oc2cc3c(cc2NC(C)=O)n(C)c(=O)c(=O)n3C)cc1. The van der Waals surface area contributed by atoms with Gasteiger partial charge >= 0.3 is 11.1 Å². The molecule has 0 unspecified atom stereocenters. The molecule has 1 heterocycles. The lowest BCUT2D eigenvalue weighted by molar-refractivity contribution is -0.114. The van der Waals surface area contributed by atoms with Crippen molar-refractivity contribution in [3.05, 3.63) is 57.1 Å². The van der Waals surface area contributed by atoms with Crippen molar-refractivity contribution in [1.82, 2.24) is 9.13 Å². The minimum absolute atomic E-state index is 0.286. The Bertz CT molecular complexity index is 1160. The van der Waals surface area contributed by atoms with Crippen LogP contribution in [0.2, 0.25) is 0 Å². The summed E-state index contributed by atoms with van der Waals surface area (Å²) in [4.78, 5) is 35.9. The number of carbonyl (C=O) groups is 1. The Morgan fingerprint density at radius 2 is 1.50 bits per heavy atom. The van der Waals surface area contributed by atoms with Crippen molar-refractivity contribution in [2.45, 2.75) is 13.8 Å². The molecular formula is C20H21N3O5. The standard InChI is InChI=1S/C20H21N3O5/c1-5-27-13-6-8-14(9-7-13)28-18-11-17-16(10-15(18)21-12(2)24)22(3)19(25)20(26)23(17)4/h6-11H,5H2,1-4H3,(H,21,24). The van der Waals surface area contributed by atoms with Crippen molar-refractivity contribution in [2.24, 2.45) is 14.1 Å². The van der Waals surface area contributed by atoms with Gasteiger partial charge in [-0.05, 0) is 37.3 Å². The molecule has 0 bridgehead atoms. The molecule has 0 aliphatic carbocycles. The molecule has 146 valence electrons. The quantitative estimate of drug-likeness (QED) is 0.683. The number of hydrogen-bond donors (Lipinski definition) is 1. The summed E-state index contributed by atoms with van der Waals surface area (Å²) >= 11 is 0. The van der Waals surface area contributed by atoms with Crippen LogP contribution in [-0.4, -0.2) is 21.6 Å². The molecule has 0 spiro atoms. The van der Waals surface area contributed by atoms with Crippen molar-refractivity contribution in [3.8, 4) is 17.2 Å². The summed E-state index contributed by atoms with van der Waals surface area (Å²) in [6.45, 7) is 3.84. The second-order valence-corrected chi connectivity index (χ2v) is 6.25. The molecule has 8 nitrogen and oxygen atoms in total. The average molecular weight is 383 g/mol. The fourth-order valence-corrected chi connectivity index (χ4v) is 2.87. The topological polar surface area (TPSA) is 91.6 Å². The molecule has 0 saturated heterocycles. The molecule has 0 aliphatic rings.